The molecule has 1 heterocycles. The van der Waals surface area contributed by atoms with Crippen LogP contribution in [0.15, 0.2) is 41.4 Å². The molecule has 2 aromatic carbocycles. The molecule has 104 valence electrons. The van der Waals surface area contributed by atoms with Crippen molar-refractivity contribution in [3.63, 3.8) is 0 Å². The molecule has 0 aliphatic carbocycles. The first-order valence-electron chi connectivity index (χ1n) is 6.76. The zero-order chi connectivity index (χ0) is 14.7. The Balaban J connectivity index is 0.000000704. The summed E-state index contributed by atoms with van der Waals surface area (Å²) < 4.78 is 26.3. The molecule has 0 spiro atoms. The molecule has 3 heteroatoms. The van der Waals surface area contributed by atoms with Gasteiger partial charge in [-0.05, 0) is 29.7 Å². The maximum Gasteiger partial charge on any atom is 0.160 e. The molecule has 1 nitrogen and oxygen atoms in total. The molecular formula is C17H17F2N. The molecule has 1 aliphatic rings. The highest BCUT2D eigenvalue weighted by Crippen LogP contribution is 2.31. The van der Waals surface area contributed by atoms with Gasteiger partial charge in [-0.25, -0.2) is 8.78 Å². The Kier molecular flexibility index (Phi) is 4.28. The second-order valence-electron chi connectivity index (χ2n) is 4.45. The average molecular weight is 273 g/mol. The monoisotopic (exact) mass is 273 g/mol. The van der Waals surface area contributed by atoms with Gasteiger partial charge in [0, 0.05) is 12.5 Å². The molecule has 0 saturated carbocycles. The summed E-state index contributed by atoms with van der Waals surface area (Å²) in [7, 11) is 0. The summed E-state index contributed by atoms with van der Waals surface area (Å²) in [5, 5.41) is 0. The van der Waals surface area contributed by atoms with Crippen LogP contribution in [-0.4, -0.2) is 5.71 Å². The Hall–Kier alpha value is -2.03. The van der Waals surface area contributed by atoms with E-state index in [1.807, 2.05) is 45.0 Å². The quantitative estimate of drug-likeness (QED) is 0.695. The van der Waals surface area contributed by atoms with Crippen LogP contribution in [-0.2, 0) is 6.42 Å². The van der Waals surface area contributed by atoms with Crippen LogP contribution in [0.25, 0.3) is 0 Å². The van der Waals surface area contributed by atoms with Crippen molar-refractivity contribution in [3.05, 3.63) is 64.7 Å². The van der Waals surface area contributed by atoms with E-state index in [9.17, 15) is 8.78 Å². The summed E-state index contributed by atoms with van der Waals surface area (Å²) in [5.74, 6) is -1.65. The van der Waals surface area contributed by atoms with E-state index in [-0.39, 0.29) is 0 Å². The van der Waals surface area contributed by atoms with Crippen LogP contribution < -0.4 is 0 Å². The molecule has 0 N–H and O–H groups in total. The fourth-order valence-corrected chi connectivity index (χ4v) is 2.24. The zero-order valence-corrected chi connectivity index (χ0v) is 11.9. The molecule has 0 unspecified atom stereocenters. The Morgan fingerprint density at radius 2 is 1.65 bits per heavy atom. The van der Waals surface area contributed by atoms with E-state index in [0.29, 0.717) is 12.1 Å². The summed E-state index contributed by atoms with van der Waals surface area (Å²) in [6, 6.07) is 10.3. The van der Waals surface area contributed by atoms with Gasteiger partial charge in [-0.1, -0.05) is 38.1 Å². The number of benzene rings is 2. The van der Waals surface area contributed by atoms with Gasteiger partial charge in [0.05, 0.1) is 11.4 Å². The van der Waals surface area contributed by atoms with Gasteiger partial charge in [0.2, 0.25) is 0 Å². The van der Waals surface area contributed by atoms with Crippen LogP contribution in [0.2, 0.25) is 0 Å². The highest BCUT2D eigenvalue weighted by atomic mass is 19.2. The summed E-state index contributed by atoms with van der Waals surface area (Å²) in [6.45, 7) is 6.00. The van der Waals surface area contributed by atoms with E-state index in [0.717, 1.165) is 28.5 Å². The van der Waals surface area contributed by atoms with E-state index in [2.05, 4.69) is 4.99 Å². The number of aliphatic imine (C=N–C) groups is 1. The van der Waals surface area contributed by atoms with Crippen LogP contribution in [0.3, 0.4) is 0 Å². The van der Waals surface area contributed by atoms with E-state index < -0.39 is 11.6 Å². The first-order valence-corrected chi connectivity index (χ1v) is 6.76. The summed E-state index contributed by atoms with van der Waals surface area (Å²) in [4.78, 5) is 4.39. The van der Waals surface area contributed by atoms with Crippen molar-refractivity contribution in [1.82, 2.24) is 0 Å². The third kappa shape index (κ3) is 2.62. The molecule has 0 atom stereocenters. The van der Waals surface area contributed by atoms with Crippen LogP contribution in [0.5, 0.6) is 0 Å². The lowest BCUT2D eigenvalue weighted by molar-refractivity contribution is 0.508. The minimum atomic E-state index is -0.844. The number of aryl methyl sites for hydroxylation is 1. The smallest absolute Gasteiger partial charge is 0.160 e. The lowest BCUT2D eigenvalue weighted by Crippen LogP contribution is -2.02. The van der Waals surface area contributed by atoms with Crippen LogP contribution in [0.1, 0.15) is 30.5 Å². The minimum absolute atomic E-state index is 0.534. The SMILES string of the molecule is CC.Cc1ccccc1C1=Nc2cc(F)c(F)cc2C1. The van der Waals surface area contributed by atoms with Gasteiger partial charge in [0.25, 0.3) is 0 Å². The molecule has 0 aromatic heterocycles. The van der Waals surface area contributed by atoms with Crippen LogP contribution >= 0.6 is 0 Å². The maximum absolute atomic E-state index is 13.2. The van der Waals surface area contributed by atoms with Crippen molar-refractivity contribution in [2.24, 2.45) is 4.99 Å². The Labute approximate surface area is 118 Å². The second kappa shape index (κ2) is 5.95. The fourth-order valence-electron chi connectivity index (χ4n) is 2.24. The third-order valence-corrected chi connectivity index (χ3v) is 3.19. The predicted molar refractivity (Wildman–Crippen MR) is 78.8 cm³/mol. The Morgan fingerprint density at radius 3 is 2.35 bits per heavy atom. The van der Waals surface area contributed by atoms with Gasteiger partial charge in [-0.15, -0.1) is 0 Å². The molecule has 0 bridgehead atoms. The first-order chi connectivity index (χ1) is 9.65. The van der Waals surface area contributed by atoms with Crippen LogP contribution in [0, 0.1) is 18.6 Å². The van der Waals surface area contributed by atoms with Crippen molar-refractivity contribution in [2.75, 3.05) is 0 Å². The molecular weight excluding hydrogens is 256 g/mol. The van der Waals surface area contributed by atoms with Gasteiger partial charge >= 0.3 is 0 Å². The van der Waals surface area contributed by atoms with Gasteiger partial charge in [-0.2, -0.15) is 0 Å². The van der Waals surface area contributed by atoms with Crippen LogP contribution in [0.4, 0.5) is 14.5 Å². The maximum atomic E-state index is 13.2. The number of nitrogens with zero attached hydrogens (tertiary/aromatic N) is 1. The molecule has 0 fully saturated rings. The number of hydrogen-bond donors (Lipinski definition) is 0. The van der Waals surface area contributed by atoms with E-state index in [4.69, 9.17) is 0 Å². The number of rotatable bonds is 1. The van der Waals surface area contributed by atoms with Crippen molar-refractivity contribution < 1.29 is 8.78 Å². The normalized spacial score (nSPS) is 12.3. The summed E-state index contributed by atoms with van der Waals surface area (Å²) in [5.41, 5.74) is 4.30. The van der Waals surface area contributed by atoms with E-state index in [1.165, 1.54) is 6.07 Å². The number of halogens is 2. The molecule has 2 aromatic rings. The molecule has 0 amide bonds. The third-order valence-electron chi connectivity index (χ3n) is 3.19. The zero-order valence-electron chi connectivity index (χ0n) is 11.9. The Bertz CT molecular complexity index is 660. The average Bonchev–Trinajstić information content (AvgIpc) is 2.84. The number of hydrogen-bond acceptors (Lipinski definition) is 1. The second-order valence-corrected chi connectivity index (χ2v) is 4.45. The van der Waals surface area contributed by atoms with E-state index in [1.54, 1.807) is 0 Å². The van der Waals surface area contributed by atoms with E-state index >= 15 is 0 Å². The molecule has 0 radical (unpaired) electrons. The van der Waals surface area contributed by atoms with Gasteiger partial charge in [0.15, 0.2) is 11.6 Å². The lowest BCUT2D eigenvalue weighted by atomic mass is 10.0. The largest absolute Gasteiger partial charge is 0.252 e. The lowest BCUT2D eigenvalue weighted by Gasteiger charge is -2.03. The minimum Gasteiger partial charge on any atom is -0.252 e. The van der Waals surface area contributed by atoms with Crippen molar-refractivity contribution >= 4 is 11.4 Å². The highest BCUT2D eigenvalue weighted by molar-refractivity contribution is 6.07. The highest BCUT2D eigenvalue weighted by Gasteiger charge is 2.19. The van der Waals surface area contributed by atoms with Crippen molar-refractivity contribution in [2.45, 2.75) is 27.2 Å². The fraction of sp³-hybridized carbons (Fsp3) is 0.235. The van der Waals surface area contributed by atoms with Crippen molar-refractivity contribution in [1.29, 1.82) is 0 Å². The summed E-state index contributed by atoms with van der Waals surface area (Å²) in [6.07, 6.45) is 0.553. The number of fused-ring (bicyclic) bond motifs is 1. The molecule has 20 heavy (non-hydrogen) atoms. The Morgan fingerprint density at radius 1 is 1.00 bits per heavy atom. The summed E-state index contributed by atoms with van der Waals surface area (Å²) >= 11 is 0. The standard InChI is InChI=1S/C15H11F2N.C2H6/c1-9-4-2-3-5-11(9)15-7-10-6-12(16)13(17)8-14(10)18-15;1-2/h2-6,8H,7H2,1H3;1-2H3. The topological polar surface area (TPSA) is 12.4 Å². The molecule has 0 saturated heterocycles. The predicted octanol–water partition coefficient (Wildman–Crippen LogP) is 4.98. The van der Waals surface area contributed by atoms with Crippen molar-refractivity contribution in [3.8, 4) is 0 Å². The molecule has 1 aliphatic heterocycles. The van der Waals surface area contributed by atoms with Gasteiger partial charge in [0.1, 0.15) is 0 Å². The van der Waals surface area contributed by atoms with Gasteiger partial charge in [-0.3, -0.25) is 4.99 Å². The first kappa shape index (κ1) is 14.4. The van der Waals surface area contributed by atoms with Gasteiger partial charge < -0.3 is 0 Å². The molecule has 3 rings (SSSR count).